The molecular weight excluding hydrogens is 221 g/mol. The molecule has 0 saturated carbocycles. The summed E-state index contributed by atoms with van der Waals surface area (Å²) in [7, 11) is 0. The summed E-state index contributed by atoms with van der Waals surface area (Å²) in [6.07, 6.45) is -2.81. The van der Waals surface area contributed by atoms with Gasteiger partial charge in [-0.15, -0.1) is 0 Å². The minimum Gasteiger partial charge on any atom is -0.384 e. The fourth-order valence-electron chi connectivity index (χ4n) is 1.09. The SMILES string of the molecule is N=Cc1cc(N)ncc1NCCC(F)(F)F. The zero-order valence-corrected chi connectivity index (χ0v) is 8.30. The first-order valence-corrected chi connectivity index (χ1v) is 4.49. The number of halogens is 3. The summed E-state index contributed by atoms with van der Waals surface area (Å²) in [5, 5.41) is 9.63. The lowest BCUT2D eigenvalue weighted by molar-refractivity contribution is -0.131. The molecule has 0 unspecified atom stereocenters. The van der Waals surface area contributed by atoms with E-state index in [0.29, 0.717) is 11.3 Å². The van der Waals surface area contributed by atoms with Crippen molar-refractivity contribution >= 4 is 17.7 Å². The number of alkyl halides is 3. The topological polar surface area (TPSA) is 74.8 Å². The Balaban J connectivity index is 2.63. The Bertz CT molecular complexity index is 376. The minimum atomic E-state index is -4.20. The molecule has 88 valence electrons. The van der Waals surface area contributed by atoms with Crippen molar-refractivity contribution in [2.75, 3.05) is 17.6 Å². The van der Waals surface area contributed by atoms with E-state index in [1.807, 2.05) is 0 Å². The molecule has 0 aliphatic heterocycles. The summed E-state index contributed by atoms with van der Waals surface area (Å²) in [6, 6.07) is 1.42. The van der Waals surface area contributed by atoms with Crippen molar-refractivity contribution in [3.05, 3.63) is 17.8 Å². The number of aromatic nitrogens is 1. The largest absolute Gasteiger partial charge is 0.390 e. The Hall–Kier alpha value is -1.79. The van der Waals surface area contributed by atoms with Crippen molar-refractivity contribution in [1.29, 1.82) is 5.41 Å². The Labute approximate surface area is 90.2 Å². The van der Waals surface area contributed by atoms with Crippen LogP contribution < -0.4 is 11.1 Å². The highest BCUT2D eigenvalue weighted by Crippen LogP contribution is 2.20. The van der Waals surface area contributed by atoms with Crippen LogP contribution in [0.15, 0.2) is 12.3 Å². The standard InChI is InChI=1S/C9H11F3N4/c10-9(11,12)1-2-15-7-5-16-8(14)3-6(7)4-13/h3-5,13,15H,1-2H2,(H2,14,16). The zero-order valence-electron chi connectivity index (χ0n) is 8.30. The van der Waals surface area contributed by atoms with E-state index in [0.717, 1.165) is 6.21 Å². The van der Waals surface area contributed by atoms with Crippen molar-refractivity contribution in [2.45, 2.75) is 12.6 Å². The van der Waals surface area contributed by atoms with Gasteiger partial charge in [0.05, 0.1) is 18.3 Å². The van der Waals surface area contributed by atoms with E-state index < -0.39 is 12.6 Å². The monoisotopic (exact) mass is 232 g/mol. The van der Waals surface area contributed by atoms with Crippen LogP contribution in [0, 0.1) is 5.41 Å². The molecule has 1 aromatic rings. The van der Waals surface area contributed by atoms with E-state index in [4.69, 9.17) is 11.1 Å². The number of nitrogens with one attached hydrogen (secondary N) is 2. The van der Waals surface area contributed by atoms with Crippen LogP contribution in [0.25, 0.3) is 0 Å². The molecule has 0 bridgehead atoms. The average molecular weight is 232 g/mol. The van der Waals surface area contributed by atoms with Gasteiger partial charge in [0.2, 0.25) is 0 Å². The number of hydrogen-bond donors (Lipinski definition) is 3. The Kier molecular flexibility index (Phi) is 3.70. The lowest BCUT2D eigenvalue weighted by Crippen LogP contribution is -2.15. The first-order valence-electron chi connectivity index (χ1n) is 4.49. The third-order valence-corrected chi connectivity index (χ3v) is 1.84. The van der Waals surface area contributed by atoms with Crippen LogP contribution in [-0.4, -0.2) is 23.9 Å². The minimum absolute atomic E-state index is 0.222. The molecule has 0 saturated heterocycles. The van der Waals surface area contributed by atoms with Gasteiger partial charge in [0.1, 0.15) is 5.82 Å². The molecule has 16 heavy (non-hydrogen) atoms. The molecule has 1 aromatic heterocycles. The van der Waals surface area contributed by atoms with Crippen molar-refractivity contribution in [2.24, 2.45) is 0 Å². The number of pyridine rings is 1. The molecule has 0 radical (unpaired) electrons. The molecule has 0 aliphatic rings. The van der Waals surface area contributed by atoms with E-state index in [-0.39, 0.29) is 12.4 Å². The lowest BCUT2D eigenvalue weighted by atomic mass is 10.2. The summed E-state index contributed by atoms with van der Waals surface area (Å²) in [5.74, 6) is 0.222. The van der Waals surface area contributed by atoms with Gasteiger partial charge in [0.25, 0.3) is 0 Å². The predicted molar refractivity (Wildman–Crippen MR) is 55.7 cm³/mol. The average Bonchev–Trinajstić information content (AvgIpc) is 2.18. The maximum absolute atomic E-state index is 11.9. The number of hydrogen-bond acceptors (Lipinski definition) is 4. The maximum Gasteiger partial charge on any atom is 0.390 e. The summed E-state index contributed by atoms with van der Waals surface area (Å²) >= 11 is 0. The second kappa shape index (κ2) is 4.82. The number of rotatable bonds is 4. The Morgan fingerprint density at radius 1 is 1.50 bits per heavy atom. The summed E-state index contributed by atoms with van der Waals surface area (Å²) in [6.45, 7) is -0.254. The Morgan fingerprint density at radius 2 is 2.19 bits per heavy atom. The Morgan fingerprint density at radius 3 is 2.75 bits per heavy atom. The molecule has 4 N–H and O–H groups in total. The first-order chi connectivity index (χ1) is 7.42. The van der Waals surface area contributed by atoms with E-state index in [1.54, 1.807) is 0 Å². The summed E-state index contributed by atoms with van der Waals surface area (Å²) in [5.41, 5.74) is 6.16. The molecule has 0 amide bonds. The van der Waals surface area contributed by atoms with Crippen molar-refractivity contribution in [1.82, 2.24) is 4.98 Å². The van der Waals surface area contributed by atoms with Crippen LogP contribution in [0.3, 0.4) is 0 Å². The molecule has 4 nitrogen and oxygen atoms in total. The molecular formula is C9H11F3N4. The van der Waals surface area contributed by atoms with E-state index in [1.165, 1.54) is 12.3 Å². The van der Waals surface area contributed by atoms with Crippen LogP contribution in [0.4, 0.5) is 24.7 Å². The van der Waals surface area contributed by atoms with Gasteiger partial charge in [-0.3, -0.25) is 0 Å². The molecule has 1 rings (SSSR count). The van der Waals surface area contributed by atoms with Gasteiger partial charge >= 0.3 is 6.18 Å². The normalized spacial score (nSPS) is 11.2. The van der Waals surface area contributed by atoms with E-state index in [2.05, 4.69) is 10.3 Å². The third-order valence-electron chi connectivity index (χ3n) is 1.84. The van der Waals surface area contributed by atoms with Gasteiger partial charge in [-0.1, -0.05) is 0 Å². The molecule has 0 fully saturated rings. The smallest absolute Gasteiger partial charge is 0.384 e. The lowest BCUT2D eigenvalue weighted by Gasteiger charge is -2.10. The molecule has 0 spiro atoms. The van der Waals surface area contributed by atoms with Crippen molar-refractivity contribution in [3.8, 4) is 0 Å². The van der Waals surface area contributed by atoms with Crippen LogP contribution in [0.1, 0.15) is 12.0 Å². The van der Waals surface area contributed by atoms with Crippen LogP contribution in [0.5, 0.6) is 0 Å². The number of nitrogens with two attached hydrogens (primary N) is 1. The van der Waals surface area contributed by atoms with Crippen molar-refractivity contribution in [3.63, 3.8) is 0 Å². The van der Waals surface area contributed by atoms with E-state index >= 15 is 0 Å². The van der Waals surface area contributed by atoms with Crippen LogP contribution >= 0.6 is 0 Å². The number of nitrogen functional groups attached to an aromatic ring is 1. The van der Waals surface area contributed by atoms with Crippen LogP contribution in [-0.2, 0) is 0 Å². The predicted octanol–water partition coefficient (Wildman–Crippen LogP) is 2.03. The van der Waals surface area contributed by atoms with E-state index in [9.17, 15) is 13.2 Å². The van der Waals surface area contributed by atoms with Gasteiger partial charge in [0.15, 0.2) is 0 Å². The second-order valence-electron chi connectivity index (χ2n) is 3.13. The molecule has 0 aromatic carbocycles. The maximum atomic E-state index is 11.9. The van der Waals surface area contributed by atoms with Gasteiger partial charge in [-0.2, -0.15) is 13.2 Å². The van der Waals surface area contributed by atoms with Gasteiger partial charge in [-0.05, 0) is 6.07 Å². The fraction of sp³-hybridized carbons (Fsp3) is 0.333. The highest BCUT2D eigenvalue weighted by molar-refractivity contribution is 5.86. The molecule has 1 heterocycles. The zero-order chi connectivity index (χ0) is 12.2. The number of nitrogens with zero attached hydrogens (tertiary/aromatic N) is 1. The van der Waals surface area contributed by atoms with Gasteiger partial charge in [-0.25, -0.2) is 4.98 Å². The first kappa shape index (κ1) is 12.3. The highest BCUT2D eigenvalue weighted by Gasteiger charge is 2.26. The van der Waals surface area contributed by atoms with Gasteiger partial charge < -0.3 is 16.5 Å². The third kappa shape index (κ3) is 3.76. The highest BCUT2D eigenvalue weighted by atomic mass is 19.4. The summed E-state index contributed by atoms with van der Waals surface area (Å²) in [4.78, 5) is 3.73. The molecule has 0 atom stereocenters. The van der Waals surface area contributed by atoms with Crippen LogP contribution in [0.2, 0.25) is 0 Å². The van der Waals surface area contributed by atoms with Gasteiger partial charge in [0, 0.05) is 18.3 Å². The molecule has 7 heteroatoms. The fourth-order valence-corrected chi connectivity index (χ4v) is 1.09. The quantitative estimate of drug-likeness (QED) is 0.695. The second-order valence-corrected chi connectivity index (χ2v) is 3.13. The van der Waals surface area contributed by atoms with Crippen molar-refractivity contribution < 1.29 is 13.2 Å². The number of anilines is 2. The summed E-state index contributed by atoms with van der Waals surface area (Å²) < 4.78 is 35.7. The molecule has 0 aliphatic carbocycles.